The summed E-state index contributed by atoms with van der Waals surface area (Å²) in [5.74, 6) is 0.459. The minimum Gasteiger partial charge on any atom is -0.352 e. The second kappa shape index (κ2) is 7.58. The molecule has 1 saturated heterocycles. The second-order valence-electron chi connectivity index (χ2n) is 7.11. The zero-order valence-electron chi connectivity index (χ0n) is 14.3. The van der Waals surface area contributed by atoms with Crippen LogP contribution in [0.1, 0.15) is 30.4 Å². The summed E-state index contributed by atoms with van der Waals surface area (Å²) >= 11 is 0. The van der Waals surface area contributed by atoms with E-state index in [1.165, 1.54) is 5.56 Å². The number of amides is 1. The molecule has 1 aromatic heterocycles. The van der Waals surface area contributed by atoms with Crippen LogP contribution in [0, 0.1) is 11.3 Å². The summed E-state index contributed by atoms with van der Waals surface area (Å²) in [6.45, 7) is 3.47. The molecule has 4 rings (SSSR count). The van der Waals surface area contributed by atoms with Crippen LogP contribution < -0.4 is 10.6 Å². The molecule has 2 heterocycles. The van der Waals surface area contributed by atoms with Gasteiger partial charge in [0.05, 0.1) is 6.54 Å². The van der Waals surface area contributed by atoms with E-state index >= 15 is 0 Å². The number of carbonyl (C=O) groups excluding carboxylic acids is 1. The van der Waals surface area contributed by atoms with Gasteiger partial charge in [-0.3, -0.25) is 9.48 Å². The summed E-state index contributed by atoms with van der Waals surface area (Å²) in [5.41, 5.74) is 2.65. The van der Waals surface area contributed by atoms with Gasteiger partial charge in [0.2, 0.25) is 5.91 Å². The molecular weight excluding hydrogens is 336 g/mol. The van der Waals surface area contributed by atoms with E-state index in [0.717, 1.165) is 44.5 Å². The number of halogens is 1. The van der Waals surface area contributed by atoms with Crippen molar-refractivity contribution in [1.82, 2.24) is 20.4 Å². The van der Waals surface area contributed by atoms with Crippen LogP contribution in [0.15, 0.2) is 42.7 Å². The zero-order chi connectivity index (χ0) is 16.4. The number of nitrogens with one attached hydrogen (secondary N) is 2. The summed E-state index contributed by atoms with van der Waals surface area (Å²) in [6, 6.07) is 10.3. The van der Waals surface area contributed by atoms with Crippen LogP contribution in [-0.4, -0.2) is 28.8 Å². The highest BCUT2D eigenvalue weighted by molar-refractivity contribution is 5.85. The maximum Gasteiger partial charge on any atom is 0.223 e. The lowest BCUT2D eigenvalue weighted by atomic mass is 9.92. The first-order chi connectivity index (χ1) is 11.8. The molecule has 1 saturated carbocycles. The zero-order valence-corrected chi connectivity index (χ0v) is 15.1. The molecule has 1 amide bonds. The Morgan fingerprint density at radius 1 is 1.28 bits per heavy atom. The van der Waals surface area contributed by atoms with E-state index in [0.29, 0.717) is 12.0 Å². The van der Waals surface area contributed by atoms with Crippen molar-refractivity contribution in [3.8, 4) is 0 Å². The maximum absolute atomic E-state index is 12.4. The normalized spacial score (nSPS) is 20.7. The van der Waals surface area contributed by atoms with Crippen LogP contribution in [0.25, 0.3) is 0 Å². The number of hydrogen-bond donors (Lipinski definition) is 2. The van der Waals surface area contributed by atoms with E-state index in [2.05, 4.69) is 33.9 Å². The Morgan fingerprint density at radius 3 is 2.84 bits per heavy atom. The van der Waals surface area contributed by atoms with Gasteiger partial charge < -0.3 is 10.6 Å². The lowest BCUT2D eigenvalue weighted by molar-refractivity contribution is -0.123. The van der Waals surface area contributed by atoms with Gasteiger partial charge in [0.15, 0.2) is 0 Å². The number of aromatic nitrogens is 2. The number of nitrogens with zero attached hydrogens (tertiary/aromatic N) is 2. The highest BCUT2D eigenvalue weighted by Gasteiger charge is 2.57. The summed E-state index contributed by atoms with van der Waals surface area (Å²) in [5, 5.41) is 10.8. The van der Waals surface area contributed by atoms with Crippen LogP contribution >= 0.6 is 12.4 Å². The van der Waals surface area contributed by atoms with Crippen molar-refractivity contribution in [3.63, 3.8) is 0 Å². The van der Waals surface area contributed by atoms with Gasteiger partial charge in [-0.25, -0.2) is 0 Å². The molecule has 1 atom stereocenters. The highest BCUT2D eigenvalue weighted by Crippen LogP contribution is 2.58. The molecule has 25 heavy (non-hydrogen) atoms. The molecule has 2 fully saturated rings. The van der Waals surface area contributed by atoms with Gasteiger partial charge in [-0.1, -0.05) is 24.3 Å². The Bertz CT molecular complexity index is 710. The lowest BCUT2D eigenvalue weighted by Gasteiger charge is -2.23. The molecule has 5 nitrogen and oxygen atoms in total. The first-order valence-corrected chi connectivity index (χ1v) is 8.79. The van der Waals surface area contributed by atoms with Crippen LogP contribution in [-0.2, 0) is 17.9 Å². The monoisotopic (exact) mass is 360 g/mol. The molecule has 0 bridgehead atoms. The Morgan fingerprint density at radius 2 is 2.08 bits per heavy atom. The van der Waals surface area contributed by atoms with Crippen molar-refractivity contribution in [2.24, 2.45) is 11.3 Å². The molecule has 0 radical (unpaired) electrons. The first kappa shape index (κ1) is 18.0. The van der Waals surface area contributed by atoms with Crippen LogP contribution in [0.5, 0.6) is 0 Å². The Hall–Kier alpha value is -1.85. The largest absolute Gasteiger partial charge is 0.352 e. The molecule has 1 unspecified atom stereocenters. The number of benzene rings is 1. The minimum absolute atomic E-state index is 0. The molecule has 2 aliphatic rings. The Kier molecular flexibility index (Phi) is 5.45. The SMILES string of the molecule is Cl.O=C(NCc1cccc(Cn2cccn2)c1)C1CC12CCNCC2. The molecule has 2 N–H and O–H groups in total. The van der Waals surface area contributed by atoms with E-state index in [9.17, 15) is 4.79 Å². The molecule has 1 aliphatic carbocycles. The molecule has 6 heteroatoms. The van der Waals surface area contributed by atoms with Crippen molar-refractivity contribution in [3.05, 3.63) is 53.9 Å². The lowest BCUT2D eigenvalue weighted by Crippen LogP contribution is -2.33. The summed E-state index contributed by atoms with van der Waals surface area (Å²) < 4.78 is 1.91. The van der Waals surface area contributed by atoms with Crippen molar-refractivity contribution in [2.45, 2.75) is 32.4 Å². The van der Waals surface area contributed by atoms with Gasteiger partial charge in [-0.2, -0.15) is 5.10 Å². The van der Waals surface area contributed by atoms with Crippen LogP contribution in [0.2, 0.25) is 0 Å². The molecule has 1 aliphatic heterocycles. The summed E-state index contributed by atoms with van der Waals surface area (Å²) in [6.07, 6.45) is 7.10. The predicted molar refractivity (Wildman–Crippen MR) is 99.5 cm³/mol. The van der Waals surface area contributed by atoms with Crippen molar-refractivity contribution in [1.29, 1.82) is 0 Å². The number of hydrogen-bond acceptors (Lipinski definition) is 3. The first-order valence-electron chi connectivity index (χ1n) is 8.79. The van der Waals surface area contributed by atoms with Gasteiger partial charge in [0.25, 0.3) is 0 Å². The van der Waals surface area contributed by atoms with E-state index in [4.69, 9.17) is 0 Å². The quantitative estimate of drug-likeness (QED) is 0.860. The predicted octanol–water partition coefficient (Wildman–Crippen LogP) is 2.36. The number of piperidine rings is 1. The van der Waals surface area contributed by atoms with Crippen molar-refractivity contribution < 1.29 is 4.79 Å². The van der Waals surface area contributed by atoms with Gasteiger partial charge in [0, 0.05) is 24.9 Å². The summed E-state index contributed by atoms with van der Waals surface area (Å²) in [4.78, 5) is 12.4. The fourth-order valence-corrected chi connectivity index (χ4v) is 3.93. The van der Waals surface area contributed by atoms with E-state index in [1.807, 2.05) is 23.0 Å². The van der Waals surface area contributed by atoms with Crippen molar-refractivity contribution >= 4 is 18.3 Å². The van der Waals surface area contributed by atoms with Gasteiger partial charge in [-0.05, 0) is 55.0 Å². The molecule has 1 aromatic carbocycles. The van der Waals surface area contributed by atoms with Gasteiger partial charge in [-0.15, -0.1) is 12.4 Å². The molecule has 134 valence electrons. The van der Waals surface area contributed by atoms with E-state index in [1.54, 1.807) is 6.20 Å². The minimum atomic E-state index is 0. The standard InChI is InChI=1S/C19H24N4O.ClH/c24-18(17-12-19(17)5-8-20-9-6-19)21-13-15-3-1-4-16(11-15)14-23-10-2-7-22-23;/h1-4,7,10-11,17,20H,5-6,8-9,12-14H2,(H,21,24);1H. The third kappa shape index (κ3) is 4.05. The highest BCUT2D eigenvalue weighted by atomic mass is 35.5. The van der Waals surface area contributed by atoms with E-state index < -0.39 is 0 Å². The smallest absolute Gasteiger partial charge is 0.223 e. The second-order valence-corrected chi connectivity index (χ2v) is 7.11. The molecular formula is C19H25ClN4O. The van der Waals surface area contributed by atoms with Gasteiger partial charge >= 0.3 is 0 Å². The summed E-state index contributed by atoms with van der Waals surface area (Å²) in [7, 11) is 0. The Labute approximate surface area is 154 Å². The Balaban J connectivity index is 0.00000182. The molecule has 1 spiro atoms. The number of carbonyl (C=O) groups is 1. The van der Waals surface area contributed by atoms with Gasteiger partial charge in [0.1, 0.15) is 0 Å². The fraction of sp³-hybridized carbons (Fsp3) is 0.474. The molecule has 2 aromatic rings. The van der Waals surface area contributed by atoms with Crippen LogP contribution in [0.3, 0.4) is 0 Å². The third-order valence-corrected chi connectivity index (χ3v) is 5.47. The van der Waals surface area contributed by atoms with Crippen molar-refractivity contribution in [2.75, 3.05) is 13.1 Å². The van der Waals surface area contributed by atoms with Crippen LogP contribution in [0.4, 0.5) is 0 Å². The maximum atomic E-state index is 12.4. The average Bonchev–Trinajstić information content (AvgIpc) is 3.04. The average molecular weight is 361 g/mol. The van der Waals surface area contributed by atoms with E-state index in [-0.39, 0.29) is 24.2 Å². The topological polar surface area (TPSA) is 59.0 Å². The third-order valence-electron chi connectivity index (χ3n) is 5.47. The fourth-order valence-electron chi connectivity index (χ4n) is 3.93. The number of rotatable bonds is 5.